The molecule has 0 radical (unpaired) electrons. The number of rotatable bonds is 2. The van der Waals surface area contributed by atoms with Crippen LogP contribution in [0.25, 0.3) is 11.1 Å². The number of hydrogen-bond acceptors (Lipinski definition) is 5. The Morgan fingerprint density at radius 3 is 2.81 bits per heavy atom. The van der Waals surface area contributed by atoms with Crippen LogP contribution in [0.5, 0.6) is 0 Å². The van der Waals surface area contributed by atoms with Gasteiger partial charge in [0.15, 0.2) is 5.78 Å². The predicted octanol–water partition coefficient (Wildman–Crippen LogP) is 3.27. The van der Waals surface area contributed by atoms with Gasteiger partial charge < -0.3 is 16.2 Å². The van der Waals surface area contributed by atoms with Gasteiger partial charge in [-0.05, 0) is 50.8 Å². The van der Waals surface area contributed by atoms with Crippen LogP contribution >= 0.6 is 0 Å². The van der Waals surface area contributed by atoms with Crippen LogP contribution in [0, 0.1) is 5.82 Å². The van der Waals surface area contributed by atoms with Gasteiger partial charge in [-0.15, -0.1) is 0 Å². The topological polar surface area (TPSA) is 88.2 Å². The van der Waals surface area contributed by atoms with E-state index in [9.17, 15) is 14.3 Å². The van der Waals surface area contributed by atoms with Crippen molar-refractivity contribution in [2.45, 2.75) is 44.1 Å². The summed E-state index contributed by atoms with van der Waals surface area (Å²) in [7, 11) is 0. The fraction of sp³-hybridized carbons (Fsp3) is 0.400. The molecular weight excluding hydrogens is 333 g/mol. The number of aromatic nitrogens is 1. The first-order chi connectivity index (χ1) is 12.4. The Labute approximate surface area is 151 Å². The van der Waals surface area contributed by atoms with E-state index >= 15 is 0 Å². The Hall–Kier alpha value is -2.47. The van der Waals surface area contributed by atoms with E-state index in [2.05, 4.69) is 10.3 Å². The molecular formula is C20H22FN3O2. The SMILES string of the molecule is CC(=O)c1c(N)ccc(-c2cnc3c(c2)C2(CCC(O)CC2)CN3)c1F. The molecule has 1 aromatic carbocycles. The molecule has 4 rings (SSSR count). The average Bonchev–Trinajstić information content (AvgIpc) is 2.95. The first-order valence-electron chi connectivity index (χ1n) is 8.93. The van der Waals surface area contributed by atoms with Gasteiger partial charge in [-0.25, -0.2) is 9.37 Å². The van der Waals surface area contributed by atoms with E-state index in [-0.39, 0.29) is 22.8 Å². The summed E-state index contributed by atoms with van der Waals surface area (Å²) in [4.78, 5) is 16.2. The van der Waals surface area contributed by atoms with Gasteiger partial charge in [0, 0.05) is 40.5 Å². The highest BCUT2D eigenvalue weighted by Crippen LogP contribution is 2.47. The van der Waals surface area contributed by atoms with E-state index in [1.165, 1.54) is 6.92 Å². The number of ketones is 1. The molecule has 0 atom stereocenters. The number of anilines is 2. The minimum Gasteiger partial charge on any atom is -0.398 e. The van der Waals surface area contributed by atoms with Gasteiger partial charge in [-0.1, -0.05) is 0 Å². The monoisotopic (exact) mass is 355 g/mol. The van der Waals surface area contributed by atoms with Gasteiger partial charge in [0.1, 0.15) is 11.6 Å². The third-order valence-corrected chi connectivity index (χ3v) is 5.80. The Bertz CT molecular complexity index is 889. The van der Waals surface area contributed by atoms with Crippen LogP contribution in [-0.4, -0.2) is 28.5 Å². The lowest BCUT2D eigenvalue weighted by Crippen LogP contribution is -2.35. The first-order valence-corrected chi connectivity index (χ1v) is 8.93. The van der Waals surface area contributed by atoms with Crippen molar-refractivity contribution >= 4 is 17.3 Å². The number of carbonyl (C=O) groups excluding carboxylic acids is 1. The number of hydrogen-bond donors (Lipinski definition) is 3. The van der Waals surface area contributed by atoms with Gasteiger partial charge in [-0.2, -0.15) is 0 Å². The summed E-state index contributed by atoms with van der Waals surface area (Å²) in [6.07, 6.45) is 4.66. The zero-order valence-corrected chi connectivity index (χ0v) is 14.7. The summed E-state index contributed by atoms with van der Waals surface area (Å²) in [5.74, 6) is -0.165. The minimum absolute atomic E-state index is 0.0642. The highest BCUT2D eigenvalue weighted by Gasteiger charge is 2.42. The molecule has 1 saturated carbocycles. The largest absolute Gasteiger partial charge is 0.398 e. The molecule has 26 heavy (non-hydrogen) atoms. The minimum atomic E-state index is -0.599. The second kappa shape index (κ2) is 6.06. The quantitative estimate of drug-likeness (QED) is 0.568. The van der Waals surface area contributed by atoms with Crippen molar-refractivity contribution < 1.29 is 14.3 Å². The summed E-state index contributed by atoms with van der Waals surface area (Å²) in [6.45, 7) is 2.10. The van der Waals surface area contributed by atoms with Crippen LogP contribution in [0.3, 0.4) is 0 Å². The molecule has 5 nitrogen and oxygen atoms in total. The second-order valence-corrected chi connectivity index (χ2v) is 7.43. The van der Waals surface area contributed by atoms with Crippen molar-refractivity contribution in [3.05, 3.63) is 41.3 Å². The molecule has 1 aromatic heterocycles. The van der Waals surface area contributed by atoms with Gasteiger partial charge in [-0.3, -0.25) is 4.79 Å². The first kappa shape index (κ1) is 17.0. The summed E-state index contributed by atoms with van der Waals surface area (Å²) < 4.78 is 14.9. The molecule has 1 aliphatic carbocycles. The molecule has 1 aliphatic heterocycles. The summed E-state index contributed by atoms with van der Waals surface area (Å²) in [6, 6.07) is 5.13. The third-order valence-electron chi connectivity index (χ3n) is 5.80. The van der Waals surface area contributed by atoms with E-state index in [0.717, 1.165) is 43.6 Å². The molecule has 2 aromatic rings. The number of aliphatic hydroxyl groups excluding tert-OH is 1. The van der Waals surface area contributed by atoms with E-state index in [0.29, 0.717) is 11.1 Å². The molecule has 2 aliphatic rings. The fourth-order valence-corrected chi connectivity index (χ4v) is 4.28. The van der Waals surface area contributed by atoms with Gasteiger partial charge >= 0.3 is 0 Å². The predicted molar refractivity (Wildman–Crippen MR) is 98.7 cm³/mol. The maximum Gasteiger partial charge on any atom is 0.164 e. The molecule has 6 heteroatoms. The number of Topliss-reactive ketones (excluding diaryl/α,β-unsaturated/α-hetero) is 1. The number of aliphatic hydroxyl groups is 1. The number of nitrogen functional groups attached to an aromatic ring is 1. The fourth-order valence-electron chi connectivity index (χ4n) is 4.28. The van der Waals surface area contributed by atoms with Crippen LogP contribution in [0.15, 0.2) is 24.4 Å². The maximum atomic E-state index is 14.9. The van der Waals surface area contributed by atoms with Crippen LogP contribution in [-0.2, 0) is 5.41 Å². The number of benzene rings is 1. The molecule has 2 heterocycles. The molecule has 1 fully saturated rings. The van der Waals surface area contributed by atoms with Crippen molar-refractivity contribution in [2.75, 3.05) is 17.6 Å². The van der Waals surface area contributed by atoms with E-state index in [4.69, 9.17) is 5.73 Å². The lowest BCUT2D eigenvalue weighted by atomic mass is 9.70. The zero-order valence-electron chi connectivity index (χ0n) is 14.7. The Morgan fingerprint density at radius 2 is 2.12 bits per heavy atom. The highest BCUT2D eigenvalue weighted by atomic mass is 19.1. The Morgan fingerprint density at radius 1 is 1.38 bits per heavy atom. The van der Waals surface area contributed by atoms with E-state index in [1.807, 2.05) is 6.07 Å². The number of carbonyl (C=O) groups is 1. The van der Waals surface area contributed by atoms with Gasteiger partial charge in [0.05, 0.1) is 11.7 Å². The van der Waals surface area contributed by atoms with Crippen LogP contribution in [0.1, 0.15) is 48.5 Å². The molecule has 1 spiro atoms. The van der Waals surface area contributed by atoms with E-state index in [1.54, 1.807) is 18.3 Å². The smallest absolute Gasteiger partial charge is 0.164 e. The third kappa shape index (κ3) is 2.56. The number of halogens is 1. The molecule has 0 saturated heterocycles. The van der Waals surface area contributed by atoms with Crippen LogP contribution in [0.4, 0.5) is 15.9 Å². The number of nitrogens with two attached hydrogens (primary N) is 1. The normalized spacial score (nSPS) is 24.3. The Kier molecular flexibility index (Phi) is 3.95. The summed E-state index contributed by atoms with van der Waals surface area (Å²) in [5.41, 5.74) is 7.82. The maximum absolute atomic E-state index is 14.9. The van der Waals surface area contributed by atoms with Crippen molar-refractivity contribution in [1.29, 1.82) is 0 Å². The summed E-state index contributed by atoms with van der Waals surface area (Å²) in [5, 5.41) is 13.2. The summed E-state index contributed by atoms with van der Waals surface area (Å²) >= 11 is 0. The van der Waals surface area contributed by atoms with Crippen LogP contribution in [0.2, 0.25) is 0 Å². The molecule has 0 unspecified atom stereocenters. The molecule has 0 amide bonds. The Balaban J connectivity index is 1.80. The molecule has 0 bridgehead atoms. The standard InChI is InChI=1S/C20H22FN3O2/c1-11(25)17-16(22)3-2-14(18(17)21)12-8-15-19(23-9-12)24-10-20(15)6-4-13(26)5-7-20/h2-3,8-9,13,26H,4-7,10,22H2,1H3,(H,23,24). The van der Waals surface area contributed by atoms with Gasteiger partial charge in [0.2, 0.25) is 0 Å². The lowest BCUT2D eigenvalue weighted by Gasteiger charge is -2.35. The van der Waals surface area contributed by atoms with Crippen molar-refractivity contribution in [3.8, 4) is 11.1 Å². The number of nitrogens with zero attached hydrogens (tertiary/aromatic N) is 1. The van der Waals surface area contributed by atoms with Crippen molar-refractivity contribution in [1.82, 2.24) is 4.98 Å². The van der Waals surface area contributed by atoms with Crippen molar-refractivity contribution in [2.24, 2.45) is 0 Å². The average molecular weight is 355 g/mol. The molecule has 136 valence electrons. The molecule has 4 N–H and O–H groups in total. The highest BCUT2D eigenvalue weighted by molar-refractivity contribution is 6.00. The number of fused-ring (bicyclic) bond motifs is 2. The number of pyridine rings is 1. The van der Waals surface area contributed by atoms with Gasteiger partial charge in [0.25, 0.3) is 0 Å². The lowest BCUT2D eigenvalue weighted by molar-refractivity contribution is 0.100. The van der Waals surface area contributed by atoms with Crippen LogP contribution < -0.4 is 11.1 Å². The van der Waals surface area contributed by atoms with E-state index < -0.39 is 11.6 Å². The second-order valence-electron chi connectivity index (χ2n) is 7.43. The zero-order chi connectivity index (χ0) is 18.5. The van der Waals surface area contributed by atoms with Crippen molar-refractivity contribution in [3.63, 3.8) is 0 Å². The number of nitrogens with one attached hydrogen (secondary N) is 1.